The largest absolute Gasteiger partial charge is 0.285 e. The Labute approximate surface area is 69.4 Å². The minimum atomic E-state index is 0.138. The summed E-state index contributed by atoms with van der Waals surface area (Å²) in [4.78, 5) is 3.87. The lowest BCUT2D eigenvalue weighted by Gasteiger charge is -2.06. The van der Waals surface area contributed by atoms with E-state index in [2.05, 4.69) is 20.3 Å². The van der Waals surface area contributed by atoms with Gasteiger partial charge in [-0.2, -0.15) is 10.2 Å². The van der Waals surface area contributed by atoms with Gasteiger partial charge in [-0.1, -0.05) is 0 Å². The summed E-state index contributed by atoms with van der Waals surface area (Å²) in [6.45, 7) is 2.02. The third-order valence-corrected chi connectivity index (χ3v) is 1.78. The van der Waals surface area contributed by atoms with Gasteiger partial charge in [-0.3, -0.25) is 5.10 Å². The lowest BCUT2D eigenvalue weighted by molar-refractivity contribution is 0.548. The van der Waals surface area contributed by atoms with E-state index in [1.165, 1.54) is 6.33 Å². The monoisotopic (exact) mass is 163 g/mol. The molecule has 0 aliphatic rings. The normalized spacial score (nSPS) is 13.1. The summed E-state index contributed by atoms with van der Waals surface area (Å²) in [5.74, 6) is 0. The van der Waals surface area contributed by atoms with Crippen molar-refractivity contribution in [3.8, 4) is 0 Å². The average molecular weight is 163 g/mol. The Kier molecular flexibility index (Phi) is 1.62. The molecule has 5 heteroatoms. The van der Waals surface area contributed by atoms with Crippen LogP contribution < -0.4 is 0 Å². The van der Waals surface area contributed by atoms with Crippen LogP contribution in [0.3, 0.4) is 0 Å². The van der Waals surface area contributed by atoms with Crippen molar-refractivity contribution in [3.63, 3.8) is 0 Å². The molecule has 5 nitrogen and oxygen atoms in total. The molecule has 0 aliphatic carbocycles. The van der Waals surface area contributed by atoms with Crippen molar-refractivity contribution in [1.29, 1.82) is 0 Å². The summed E-state index contributed by atoms with van der Waals surface area (Å²) in [5, 5.41) is 10.8. The van der Waals surface area contributed by atoms with Crippen LogP contribution >= 0.6 is 0 Å². The van der Waals surface area contributed by atoms with E-state index in [4.69, 9.17) is 0 Å². The van der Waals surface area contributed by atoms with Crippen LogP contribution in [0, 0.1) is 0 Å². The minimum absolute atomic E-state index is 0.138. The van der Waals surface area contributed by atoms with Gasteiger partial charge in [-0.25, -0.2) is 9.67 Å². The van der Waals surface area contributed by atoms with Crippen molar-refractivity contribution in [2.45, 2.75) is 13.0 Å². The summed E-state index contributed by atoms with van der Waals surface area (Å²) < 4.78 is 1.76. The smallest absolute Gasteiger partial charge is 0.137 e. The second-order valence-electron chi connectivity index (χ2n) is 2.55. The molecule has 2 aromatic rings. The standard InChI is InChI=1S/C7H9N5/c1-6(7-2-3-9-11-7)12-5-8-4-10-12/h2-6H,1H3,(H,9,11). The molecular weight excluding hydrogens is 154 g/mol. The van der Waals surface area contributed by atoms with Gasteiger partial charge in [-0.15, -0.1) is 0 Å². The maximum Gasteiger partial charge on any atom is 0.137 e. The molecule has 0 radical (unpaired) electrons. The van der Waals surface area contributed by atoms with E-state index in [0.29, 0.717) is 0 Å². The summed E-state index contributed by atoms with van der Waals surface area (Å²) in [6.07, 6.45) is 4.99. The molecule has 12 heavy (non-hydrogen) atoms. The van der Waals surface area contributed by atoms with Crippen LogP contribution in [0.15, 0.2) is 24.9 Å². The molecule has 0 saturated carbocycles. The fourth-order valence-corrected chi connectivity index (χ4v) is 1.06. The lowest BCUT2D eigenvalue weighted by Crippen LogP contribution is -2.07. The van der Waals surface area contributed by atoms with Gasteiger partial charge in [0.05, 0.1) is 11.7 Å². The summed E-state index contributed by atoms with van der Waals surface area (Å²) in [7, 11) is 0. The Hall–Kier alpha value is -1.65. The Morgan fingerprint density at radius 2 is 2.50 bits per heavy atom. The van der Waals surface area contributed by atoms with Crippen LogP contribution in [-0.4, -0.2) is 25.0 Å². The molecule has 2 aromatic heterocycles. The van der Waals surface area contributed by atoms with Gasteiger partial charge < -0.3 is 0 Å². The Bertz CT molecular complexity index is 288. The van der Waals surface area contributed by atoms with E-state index in [-0.39, 0.29) is 6.04 Å². The van der Waals surface area contributed by atoms with Gasteiger partial charge in [0.2, 0.25) is 0 Å². The first-order valence-electron chi connectivity index (χ1n) is 3.71. The summed E-state index contributed by atoms with van der Waals surface area (Å²) >= 11 is 0. The molecule has 0 saturated heterocycles. The maximum atomic E-state index is 4.06. The molecule has 0 aliphatic heterocycles. The number of nitrogens with one attached hydrogen (secondary N) is 1. The van der Waals surface area contributed by atoms with Crippen molar-refractivity contribution >= 4 is 0 Å². The van der Waals surface area contributed by atoms with Crippen molar-refractivity contribution in [2.24, 2.45) is 0 Å². The highest BCUT2D eigenvalue weighted by Crippen LogP contribution is 2.11. The number of aromatic nitrogens is 5. The molecule has 1 N–H and O–H groups in total. The third kappa shape index (κ3) is 1.09. The molecule has 0 bridgehead atoms. The van der Waals surface area contributed by atoms with E-state index in [1.807, 2.05) is 13.0 Å². The number of hydrogen-bond acceptors (Lipinski definition) is 3. The van der Waals surface area contributed by atoms with Gasteiger partial charge >= 0.3 is 0 Å². The van der Waals surface area contributed by atoms with Gasteiger partial charge in [-0.05, 0) is 13.0 Å². The summed E-state index contributed by atoms with van der Waals surface area (Å²) in [6, 6.07) is 2.06. The van der Waals surface area contributed by atoms with Gasteiger partial charge in [0.25, 0.3) is 0 Å². The highest BCUT2D eigenvalue weighted by molar-refractivity contribution is 5.03. The fourth-order valence-electron chi connectivity index (χ4n) is 1.06. The minimum Gasteiger partial charge on any atom is -0.285 e. The average Bonchev–Trinajstić information content (AvgIpc) is 2.77. The van der Waals surface area contributed by atoms with E-state index < -0.39 is 0 Å². The number of hydrogen-bond donors (Lipinski definition) is 1. The second-order valence-corrected chi connectivity index (χ2v) is 2.55. The molecule has 0 fully saturated rings. The number of aromatic amines is 1. The lowest BCUT2D eigenvalue weighted by atomic mass is 10.2. The molecular formula is C7H9N5. The molecule has 1 atom stereocenters. The van der Waals surface area contributed by atoms with E-state index in [9.17, 15) is 0 Å². The van der Waals surface area contributed by atoms with Gasteiger partial charge in [0.1, 0.15) is 12.7 Å². The maximum absolute atomic E-state index is 4.06. The zero-order valence-electron chi connectivity index (χ0n) is 6.68. The zero-order chi connectivity index (χ0) is 8.39. The van der Waals surface area contributed by atoms with Crippen LogP contribution in [-0.2, 0) is 0 Å². The van der Waals surface area contributed by atoms with Crippen molar-refractivity contribution < 1.29 is 0 Å². The van der Waals surface area contributed by atoms with Gasteiger partial charge in [0.15, 0.2) is 0 Å². The van der Waals surface area contributed by atoms with Crippen molar-refractivity contribution in [1.82, 2.24) is 25.0 Å². The zero-order valence-corrected chi connectivity index (χ0v) is 6.68. The van der Waals surface area contributed by atoms with E-state index in [1.54, 1.807) is 17.2 Å². The second kappa shape index (κ2) is 2.77. The molecule has 0 amide bonds. The molecule has 2 heterocycles. The highest BCUT2D eigenvalue weighted by atomic mass is 15.3. The van der Waals surface area contributed by atoms with Crippen LogP contribution in [0.25, 0.3) is 0 Å². The van der Waals surface area contributed by atoms with Crippen LogP contribution in [0.4, 0.5) is 0 Å². The van der Waals surface area contributed by atoms with Crippen molar-refractivity contribution in [3.05, 3.63) is 30.6 Å². The summed E-state index contributed by atoms with van der Waals surface area (Å²) in [5.41, 5.74) is 0.959. The number of H-pyrrole nitrogens is 1. The molecule has 1 unspecified atom stereocenters. The van der Waals surface area contributed by atoms with E-state index >= 15 is 0 Å². The van der Waals surface area contributed by atoms with Crippen LogP contribution in [0.1, 0.15) is 18.7 Å². The van der Waals surface area contributed by atoms with E-state index in [0.717, 1.165) is 5.69 Å². The topological polar surface area (TPSA) is 59.4 Å². The molecule has 2 rings (SSSR count). The quantitative estimate of drug-likeness (QED) is 0.705. The predicted octanol–water partition coefficient (Wildman–Crippen LogP) is 0.610. The Morgan fingerprint density at radius 3 is 3.08 bits per heavy atom. The number of nitrogens with zero attached hydrogens (tertiary/aromatic N) is 4. The number of rotatable bonds is 2. The third-order valence-electron chi connectivity index (χ3n) is 1.78. The highest BCUT2D eigenvalue weighted by Gasteiger charge is 2.08. The van der Waals surface area contributed by atoms with Crippen molar-refractivity contribution in [2.75, 3.05) is 0 Å². The first-order valence-corrected chi connectivity index (χ1v) is 3.71. The molecule has 0 spiro atoms. The van der Waals surface area contributed by atoms with Gasteiger partial charge in [0, 0.05) is 6.20 Å². The van der Waals surface area contributed by atoms with Crippen LogP contribution in [0.5, 0.6) is 0 Å². The Morgan fingerprint density at radius 1 is 1.58 bits per heavy atom. The first-order chi connectivity index (χ1) is 5.88. The fraction of sp³-hybridized carbons (Fsp3) is 0.286. The molecule has 62 valence electrons. The first kappa shape index (κ1) is 7.02. The van der Waals surface area contributed by atoms with Crippen LogP contribution in [0.2, 0.25) is 0 Å². The SMILES string of the molecule is CC(c1cc[nH]n1)n1cncn1. The Balaban J connectivity index is 2.27. The molecule has 0 aromatic carbocycles. The predicted molar refractivity (Wildman–Crippen MR) is 42.4 cm³/mol.